The third-order valence-electron chi connectivity index (χ3n) is 4.63. The summed E-state index contributed by atoms with van der Waals surface area (Å²) in [6, 6.07) is 21.3. The summed E-state index contributed by atoms with van der Waals surface area (Å²) in [5.41, 5.74) is -0.260. The Morgan fingerprint density at radius 2 is 1.55 bits per heavy atom. The maximum atomic E-state index is 11.7. The van der Waals surface area contributed by atoms with Crippen LogP contribution in [-0.4, -0.2) is 21.1 Å². The van der Waals surface area contributed by atoms with Gasteiger partial charge in [-0.3, -0.25) is 24.9 Å². The zero-order valence-electron chi connectivity index (χ0n) is 16.1. The number of rotatable bonds is 5. The molecule has 0 bridgehead atoms. The topological polar surface area (TPSA) is 121 Å². The van der Waals surface area contributed by atoms with E-state index in [4.69, 9.17) is 0 Å². The minimum absolute atomic E-state index is 0.166. The Morgan fingerprint density at radius 1 is 0.839 bits per heavy atom. The van der Waals surface area contributed by atoms with Crippen molar-refractivity contribution >= 4 is 40.5 Å². The first kappa shape index (κ1) is 19.7. The number of hydrogen-bond acceptors (Lipinski definition) is 5. The van der Waals surface area contributed by atoms with Crippen LogP contribution in [0.25, 0.3) is 22.9 Å². The number of nitrogens with one attached hydrogen (secondary N) is 2. The van der Waals surface area contributed by atoms with E-state index in [0.717, 1.165) is 27.6 Å². The van der Waals surface area contributed by atoms with Gasteiger partial charge in [0, 0.05) is 11.6 Å². The molecule has 0 spiro atoms. The number of aliphatic imine (C=N–C) groups is 1. The number of nitro groups is 1. The molecule has 8 heteroatoms. The number of hydrogen-bond donors (Lipinski definition) is 2. The van der Waals surface area contributed by atoms with E-state index in [1.165, 1.54) is 6.08 Å². The smallest absolute Gasteiger partial charge is 0.301 e. The molecule has 0 saturated heterocycles. The molecule has 0 aliphatic carbocycles. The maximum absolute atomic E-state index is 11.7. The van der Waals surface area contributed by atoms with Crippen LogP contribution < -0.4 is 11.2 Å². The summed E-state index contributed by atoms with van der Waals surface area (Å²) in [6.07, 6.45) is 4.66. The first-order chi connectivity index (χ1) is 15.0. The molecule has 0 fully saturated rings. The fraction of sp³-hybridized carbons (Fsp3) is 0. The highest BCUT2D eigenvalue weighted by molar-refractivity contribution is 5.95. The molecule has 0 amide bonds. The summed E-state index contributed by atoms with van der Waals surface area (Å²) in [5, 5.41) is 13.3. The SMILES string of the molecule is O=c1[nH]c(C=Cc2ccc(C=Nc3cccc4ccccc34)cc2)c([N+](=O)[O-])c(=O)[nH]1. The van der Waals surface area contributed by atoms with E-state index in [0.29, 0.717) is 0 Å². The summed E-state index contributed by atoms with van der Waals surface area (Å²) in [4.78, 5) is 42.1. The van der Waals surface area contributed by atoms with Crippen LogP contribution in [0.4, 0.5) is 11.4 Å². The largest absolute Gasteiger partial charge is 0.357 e. The molecular weight excluding hydrogens is 396 g/mol. The lowest BCUT2D eigenvalue weighted by molar-refractivity contribution is -0.386. The Labute approximate surface area is 175 Å². The van der Waals surface area contributed by atoms with E-state index in [2.05, 4.69) is 9.98 Å². The zero-order chi connectivity index (χ0) is 21.8. The van der Waals surface area contributed by atoms with Crippen molar-refractivity contribution in [2.75, 3.05) is 0 Å². The molecule has 2 N–H and O–H groups in total. The zero-order valence-corrected chi connectivity index (χ0v) is 16.1. The molecule has 0 aliphatic heterocycles. The lowest BCUT2D eigenvalue weighted by Gasteiger charge is -2.01. The third-order valence-corrected chi connectivity index (χ3v) is 4.63. The molecule has 0 aliphatic rings. The van der Waals surface area contributed by atoms with Gasteiger partial charge in [0.25, 0.3) is 0 Å². The van der Waals surface area contributed by atoms with Crippen LogP contribution in [-0.2, 0) is 0 Å². The standard InChI is InChI=1S/C23H16N4O4/c28-22-21(27(30)31)20(25-23(29)26-22)13-12-15-8-10-16(11-9-15)14-24-19-7-3-5-17-4-1-2-6-18(17)19/h1-14H,(H2,25,26,28,29). The van der Waals surface area contributed by atoms with Gasteiger partial charge in [0.2, 0.25) is 0 Å². The van der Waals surface area contributed by atoms with Crippen molar-refractivity contribution in [2.24, 2.45) is 4.99 Å². The van der Waals surface area contributed by atoms with Crippen LogP contribution in [0.15, 0.2) is 81.3 Å². The molecule has 0 radical (unpaired) electrons. The Balaban J connectivity index is 1.57. The van der Waals surface area contributed by atoms with Gasteiger partial charge in [-0.25, -0.2) is 4.79 Å². The Kier molecular flexibility index (Phi) is 5.35. The highest BCUT2D eigenvalue weighted by Gasteiger charge is 2.18. The first-order valence-corrected chi connectivity index (χ1v) is 9.32. The monoisotopic (exact) mass is 412 g/mol. The molecule has 0 saturated carbocycles. The quantitative estimate of drug-likeness (QED) is 0.292. The Morgan fingerprint density at radius 3 is 2.32 bits per heavy atom. The van der Waals surface area contributed by atoms with Gasteiger partial charge in [0.1, 0.15) is 5.69 Å². The molecule has 4 rings (SSSR count). The Bertz CT molecular complexity index is 1440. The normalized spacial score (nSPS) is 11.5. The molecule has 0 unspecified atom stereocenters. The third kappa shape index (κ3) is 4.38. The summed E-state index contributed by atoms with van der Waals surface area (Å²) in [7, 11) is 0. The summed E-state index contributed by atoms with van der Waals surface area (Å²) in [5.74, 6) is 0. The molecule has 4 aromatic rings. The molecule has 1 heterocycles. The van der Waals surface area contributed by atoms with Crippen LogP contribution in [0, 0.1) is 10.1 Å². The van der Waals surface area contributed by atoms with E-state index in [1.807, 2.05) is 59.6 Å². The molecule has 31 heavy (non-hydrogen) atoms. The predicted octanol–water partition coefficient (Wildman–Crippen LogP) is 4.05. The van der Waals surface area contributed by atoms with Crippen LogP contribution in [0.2, 0.25) is 0 Å². The minimum Gasteiger partial charge on any atom is -0.301 e. The van der Waals surface area contributed by atoms with Crippen molar-refractivity contribution in [1.82, 2.24) is 9.97 Å². The van der Waals surface area contributed by atoms with Gasteiger partial charge in [-0.2, -0.15) is 0 Å². The number of fused-ring (bicyclic) bond motifs is 1. The number of nitrogens with zero attached hydrogens (tertiary/aromatic N) is 2. The van der Waals surface area contributed by atoms with E-state index in [-0.39, 0.29) is 5.69 Å². The first-order valence-electron chi connectivity index (χ1n) is 9.32. The van der Waals surface area contributed by atoms with Crippen LogP contribution >= 0.6 is 0 Å². The van der Waals surface area contributed by atoms with E-state index in [9.17, 15) is 19.7 Å². The van der Waals surface area contributed by atoms with Gasteiger partial charge in [-0.1, -0.05) is 66.7 Å². The van der Waals surface area contributed by atoms with Gasteiger partial charge >= 0.3 is 16.9 Å². The lowest BCUT2D eigenvalue weighted by atomic mass is 10.1. The lowest BCUT2D eigenvalue weighted by Crippen LogP contribution is -2.25. The van der Waals surface area contributed by atoms with Gasteiger partial charge in [-0.15, -0.1) is 0 Å². The maximum Gasteiger partial charge on any atom is 0.357 e. The van der Waals surface area contributed by atoms with Crippen molar-refractivity contribution in [3.05, 3.63) is 115 Å². The van der Waals surface area contributed by atoms with E-state index in [1.54, 1.807) is 24.4 Å². The summed E-state index contributed by atoms with van der Waals surface area (Å²) >= 11 is 0. The fourth-order valence-electron chi connectivity index (χ4n) is 3.14. The Hall–Kier alpha value is -4.59. The van der Waals surface area contributed by atoms with Gasteiger partial charge in [0.05, 0.1) is 10.6 Å². The fourth-order valence-corrected chi connectivity index (χ4v) is 3.14. The van der Waals surface area contributed by atoms with E-state index < -0.39 is 21.9 Å². The van der Waals surface area contributed by atoms with Gasteiger partial charge in [-0.05, 0) is 28.7 Å². The van der Waals surface area contributed by atoms with Crippen molar-refractivity contribution in [3.8, 4) is 0 Å². The van der Waals surface area contributed by atoms with Crippen LogP contribution in [0.1, 0.15) is 16.8 Å². The van der Waals surface area contributed by atoms with Crippen molar-refractivity contribution in [1.29, 1.82) is 0 Å². The molecule has 3 aromatic carbocycles. The summed E-state index contributed by atoms with van der Waals surface area (Å²) < 4.78 is 0. The summed E-state index contributed by atoms with van der Waals surface area (Å²) in [6.45, 7) is 0. The van der Waals surface area contributed by atoms with Crippen molar-refractivity contribution < 1.29 is 4.92 Å². The molecule has 152 valence electrons. The molecule has 0 atom stereocenters. The van der Waals surface area contributed by atoms with Crippen molar-refractivity contribution in [3.63, 3.8) is 0 Å². The predicted molar refractivity (Wildman–Crippen MR) is 121 cm³/mol. The van der Waals surface area contributed by atoms with Crippen LogP contribution in [0.3, 0.4) is 0 Å². The second kappa shape index (κ2) is 8.42. The number of H-pyrrole nitrogens is 2. The second-order valence-electron chi connectivity index (χ2n) is 6.68. The average molecular weight is 412 g/mol. The van der Waals surface area contributed by atoms with Gasteiger partial charge in [0.15, 0.2) is 0 Å². The molecule has 8 nitrogen and oxygen atoms in total. The number of aromatic nitrogens is 2. The number of aromatic amines is 2. The highest BCUT2D eigenvalue weighted by Crippen LogP contribution is 2.25. The highest BCUT2D eigenvalue weighted by atomic mass is 16.6. The van der Waals surface area contributed by atoms with Crippen LogP contribution in [0.5, 0.6) is 0 Å². The van der Waals surface area contributed by atoms with E-state index >= 15 is 0 Å². The molecular formula is C23H16N4O4. The second-order valence-corrected chi connectivity index (χ2v) is 6.68. The van der Waals surface area contributed by atoms with Crippen molar-refractivity contribution in [2.45, 2.75) is 0 Å². The van der Waals surface area contributed by atoms with Gasteiger partial charge < -0.3 is 4.98 Å². The molecule has 1 aromatic heterocycles. The minimum atomic E-state index is -1.05. The number of benzene rings is 3. The average Bonchev–Trinajstić information content (AvgIpc) is 2.76.